The van der Waals surface area contributed by atoms with Gasteiger partial charge in [-0.2, -0.15) is 0 Å². The van der Waals surface area contributed by atoms with Crippen molar-refractivity contribution in [2.45, 2.75) is 53.4 Å². The Bertz CT molecular complexity index is 828. The van der Waals surface area contributed by atoms with Crippen molar-refractivity contribution in [1.82, 2.24) is 5.32 Å². The molecule has 1 aromatic rings. The van der Waals surface area contributed by atoms with E-state index in [1.165, 1.54) is 0 Å². The van der Waals surface area contributed by atoms with Crippen molar-refractivity contribution in [3.05, 3.63) is 42.8 Å². The average molecular weight is 438 g/mol. The van der Waals surface area contributed by atoms with Crippen molar-refractivity contribution in [2.75, 3.05) is 6.61 Å². The summed E-state index contributed by atoms with van der Waals surface area (Å²) >= 11 is 5.19. The number of aryl methyl sites for hydroxylation is 1. The van der Waals surface area contributed by atoms with Crippen LogP contribution in [0.4, 0.5) is 0 Å². The summed E-state index contributed by atoms with van der Waals surface area (Å²) in [7, 11) is 0. The summed E-state index contributed by atoms with van der Waals surface area (Å²) < 4.78 is 6.32. The van der Waals surface area contributed by atoms with Gasteiger partial charge in [0.2, 0.25) is 0 Å². The van der Waals surface area contributed by atoms with Crippen LogP contribution in [-0.4, -0.2) is 18.4 Å². The predicted molar refractivity (Wildman–Crippen MR) is 107 cm³/mol. The van der Waals surface area contributed by atoms with Crippen LogP contribution in [0.2, 0.25) is 0 Å². The lowest BCUT2D eigenvalue weighted by atomic mass is 9.70. The highest BCUT2D eigenvalue weighted by Gasteiger charge is 2.43. The third-order valence-electron chi connectivity index (χ3n) is 4.90. The summed E-state index contributed by atoms with van der Waals surface area (Å²) in [6.45, 7) is 10.2. The Balaban J connectivity index is 2.18. The van der Waals surface area contributed by atoms with Crippen molar-refractivity contribution >= 4 is 39.0 Å². The van der Waals surface area contributed by atoms with Gasteiger partial charge < -0.3 is 10.1 Å². The zero-order valence-corrected chi connectivity index (χ0v) is 18.2. The molecule has 1 atom stereocenters. The quantitative estimate of drug-likeness (QED) is 0.676. The summed E-state index contributed by atoms with van der Waals surface area (Å²) in [6, 6.07) is 2.03. The third-order valence-corrected chi connectivity index (χ3v) is 7.10. The van der Waals surface area contributed by atoms with Crippen LogP contribution in [0.3, 0.4) is 0 Å². The number of carbonyl (C=O) groups excluding carboxylic acids is 2. The fraction of sp³-hybridized carbons (Fsp3) is 0.500. The van der Waals surface area contributed by atoms with Crippen molar-refractivity contribution in [3.63, 3.8) is 0 Å². The summed E-state index contributed by atoms with van der Waals surface area (Å²) in [6.07, 6.45) is 1.29. The van der Waals surface area contributed by atoms with Gasteiger partial charge in [-0.1, -0.05) is 13.8 Å². The molecule has 1 aliphatic carbocycles. The van der Waals surface area contributed by atoms with Gasteiger partial charge in [-0.15, -0.1) is 11.3 Å². The number of ketones is 1. The zero-order chi connectivity index (χ0) is 19.2. The van der Waals surface area contributed by atoms with Gasteiger partial charge in [0.25, 0.3) is 0 Å². The molecule has 0 aromatic carbocycles. The van der Waals surface area contributed by atoms with Gasteiger partial charge in [0.15, 0.2) is 5.78 Å². The number of nitrogens with one attached hydrogen (secondary N) is 1. The molecule has 140 valence electrons. The Kier molecular flexibility index (Phi) is 5.19. The summed E-state index contributed by atoms with van der Waals surface area (Å²) in [5, 5.41) is 3.35. The highest BCUT2D eigenvalue weighted by Crippen LogP contribution is 2.48. The minimum atomic E-state index is -0.358. The maximum absolute atomic E-state index is 13.1. The average Bonchev–Trinajstić information content (AvgIpc) is 2.83. The van der Waals surface area contributed by atoms with Crippen LogP contribution in [0, 0.1) is 12.3 Å². The molecule has 0 saturated carbocycles. The Labute approximate surface area is 166 Å². The minimum absolute atomic E-state index is 0.0822. The van der Waals surface area contributed by atoms with Gasteiger partial charge in [0.05, 0.1) is 18.1 Å². The number of halogens is 1. The van der Waals surface area contributed by atoms with E-state index < -0.39 is 0 Å². The lowest BCUT2D eigenvalue weighted by Gasteiger charge is -2.39. The molecule has 0 bridgehead atoms. The van der Waals surface area contributed by atoms with Crippen molar-refractivity contribution in [1.29, 1.82) is 0 Å². The van der Waals surface area contributed by atoms with Crippen LogP contribution >= 0.6 is 27.3 Å². The highest BCUT2D eigenvalue weighted by atomic mass is 79.9. The van der Waals surface area contributed by atoms with E-state index in [0.29, 0.717) is 18.6 Å². The van der Waals surface area contributed by atoms with Crippen LogP contribution in [0.25, 0.3) is 0 Å². The molecule has 0 spiro atoms. The molecule has 4 nitrogen and oxygen atoms in total. The van der Waals surface area contributed by atoms with Gasteiger partial charge in [0.1, 0.15) is 0 Å². The van der Waals surface area contributed by atoms with E-state index in [1.54, 1.807) is 18.3 Å². The SMILES string of the molecule is CCOC(=O)C1=C(C)NC2=C(C(=O)CC(C)(C)C2)[C@@H]1c1cc(Br)c(C)s1. The molecule has 0 fully saturated rings. The number of ether oxygens (including phenoxy) is 1. The van der Waals surface area contributed by atoms with E-state index in [9.17, 15) is 9.59 Å². The summed E-state index contributed by atoms with van der Waals surface area (Å²) in [5.41, 5.74) is 2.92. The summed E-state index contributed by atoms with van der Waals surface area (Å²) in [5.74, 6) is -0.594. The maximum atomic E-state index is 13.1. The number of hydrogen-bond donors (Lipinski definition) is 1. The number of Topliss-reactive ketones (excluding diaryl/α,β-unsaturated/α-hetero) is 1. The van der Waals surface area contributed by atoms with Gasteiger partial charge >= 0.3 is 5.97 Å². The molecule has 6 heteroatoms. The van der Waals surface area contributed by atoms with E-state index in [1.807, 2.05) is 19.9 Å². The lowest BCUT2D eigenvalue weighted by molar-refractivity contribution is -0.138. The Hall–Kier alpha value is -1.40. The van der Waals surface area contributed by atoms with Crippen LogP contribution < -0.4 is 5.32 Å². The molecule has 1 aliphatic heterocycles. The molecule has 0 saturated heterocycles. The molecule has 2 heterocycles. The molecular weight excluding hydrogens is 414 g/mol. The first-order valence-electron chi connectivity index (χ1n) is 8.81. The first kappa shape index (κ1) is 19.4. The largest absolute Gasteiger partial charge is 0.463 e. The fourth-order valence-corrected chi connectivity index (χ4v) is 5.51. The lowest BCUT2D eigenvalue weighted by Crippen LogP contribution is -2.38. The predicted octanol–water partition coefficient (Wildman–Crippen LogP) is 4.99. The van der Waals surface area contributed by atoms with Crippen molar-refractivity contribution in [2.24, 2.45) is 5.41 Å². The van der Waals surface area contributed by atoms with Crippen LogP contribution in [0.1, 0.15) is 56.2 Å². The number of rotatable bonds is 3. The second kappa shape index (κ2) is 6.97. The van der Waals surface area contributed by atoms with Gasteiger partial charge in [-0.25, -0.2) is 4.79 Å². The smallest absolute Gasteiger partial charge is 0.336 e. The maximum Gasteiger partial charge on any atom is 0.336 e. The van der Waals surface area contributed by atoms with Gasteiger partial charge in [-0.05, 0) is 54.6 Å². The van der Waals surface area contributed by atoms with Gasteiger partial charge in [-0.3, -0.25) is 4.79 Å². The zero-order valence-electron chi connectivity index (χ0n) is 15.8. The molecule has 1 aromatic heterocycles. The van der Waals surface area contributed by atoms with E-state index in [0.717, 1.165) is 37.6 Å². The molecule has 0 unspecified atom stereocenters. The minimum Gasteiger partial charge on any atom is -0.463 e. The number of allylic oxidation sites excluding steroid dienone is 3. The normalized spacial score (nSPS) is 22.2. The molecular formula is C20H24BrNO3S. The van der Waals surface area contributed by atoms with E-state index in [-0.39, 0.29) is 23.1 Å². The Morgan fingerprint density at radius 3 is 2.65 bits per heavy atom. The number of esters is 1. The van der Waals surface area contributed by atoms with Crippen LogP contribution in [0.5, 0.6) is 0 Å². The first-order valence-corrected chi connectivity index (χ1v) is 10.4. The number of hydrogen-bond acceptors (Lipinski definition) is 5. The van der Waals surface area contributed by atoms with Crippen molar-refractivity contribution in [3.8, 4) is 0 Å². The second-order valence-electron chi connectivity index (χ2n) is 7.70. The topological polar surface area (TPSA) is 55.4 Å². The van der Waals surface area contributed by atoms with E-state index in [2.05, 4.69) is 35.1 Å². The second-order valence-corrected chi connectivity index (χ2v) is 9.85. The standard InChI is InChI=1S/C20H24BrNO3S/c1-6-25-19(24)16-10(2)22-13-8-20(4,5)9-14(23)17(13)18(16)15-7-12(21)11(3)26-15/h7,18,22H,6,8-9H2,1-5H3/t18-/m1/s1. The molecule has 0 radical (unpaired) electrons. The van der Waals surface area contributed by atoms with E-state index >= 15 is 0 Å². The highest BCUT2D eigenvalue weighted by molar-refractivity contribution is 9.10. The molecule has 2 aliphatic rings. The fourth-order valence-electron chi connectivity index (χ4n) is 3.82. The third kappa shape index (κ3) is 3.41. The van der Waals surface area contributed by atoms with Crippen molar-refractivity contribution < 1.29 is 14.3 Å². The molecule has 1 N–H and O–H groups in total. The number of dihydropyridines is 1. The number of carbonyl (C=O) groups is 2. The molecule has 3 rings (SSSR count). The first-order chi connectivity index (χ1) is 12.1. The van der Waals surface area contributed by atoms with Crippen LogP contribution in [-0.2, 0) is 14.3 Å². The number of thiophene rings is 1. The Morgan fingerprint density at radius 2 is 2.08 bits per heavy atom. The van der Waals surface area contributed by atoms with E-state index in [4.69, 9.17) is 4.74 Å². The Morgan fingerprint density at radius 1 is 1.38 bits per heavy atom. The van der Waals surface area contributed by atoms with Crippen LogP contribution in [0.15, 0.2) is 33.1 Å². The summed E-state index contributed by atoms with van der Waals surface area (Å²) in [4.78, 5) is 27.9. The molecule has 0 amide bonds. The molecule has 26 heavy (non-hydrogen) atoms. The van der Waals surface area contributed by atoms with Gasteiger partial charge in [0, 0.05) is 37.6 Å². The monoisotopic (exact) mass is 437 g/mol.